The Hall–Kier alpha value is -0.950. The highest BCUT2D eigenvalue weighted by Gasteiger charge is 2.42. The highest BCUT2D eigenvalue weighted by molar-refractivity contribution is 7.14. The number of rotatable bonds is 1. The van der Waals surface area contributed by atoms with E-state index in [1.54, 1.807) is 11.3 Å². The van der Waals surface area contributed by atoms with Crippen LogP contribution in [-0.4, -0.2) is 67.7 Å². The van der Waals surface area contributed by atoms with Crippen molar-refractivity contribution in [3.8, 4) is 0 Å². The number of nitrogens with zero attached hydrogens (tertiary/aromatic N) is 2. The van der Waals surface area contributed by atoms with Crippen molar-refractivity contribution in [3.05, 3.63) is 21.4 Å². The summed E-state index contributed by atoms with van der Waals surface area (Å²) < 4.78 is 12.1. The number of morpholine rings is 1. The first-order chi connectivity index (χ1) is 12.0. The largest absolute Gasteiger partial charge is 0.372 e. The molecule has 2 fully saturated rings. The second-order valence-corrected chi connectivity index (χ2v) is 8.88. The molecule has 0 unspecified atom stereocenters. The Morgan fingerprint density at radius 2 is 1.92 bits per heavy atom. The van der Waals surface area contributed by atoms with Gasteiger partial charge in [0.2, 0.25) is 0 Å². The van der Waals surface area contributed by atoms with Gasteiger partial charge in [-0.15, -0.1) is 11.3 Å². The average Bonchev–Trinajstić information content (AvgIpc) is 3.02. The van der Waals surface area contributed by atoms with E-state index in [9.17, 15) is 4.79 Å². The van der Waals surface area contributed by atoms with Crippen LogP contribution in [0.1, 0.15) is 46.8 Å². The van der Waals surface area contributed by atoms with Crippen LogP contribution < -0.4 is 0 Å². The normalized spacial score (nSPS) is 29.6. The van der Waals surface area contributed by atoms with E-state index in [4.69, 9.17) is 9.47 Å². The molecule has 3 aliphatic heterocycles. The summed E-state index contributed by atoms with van der Waals surface area (Å²) in [6, 6.07) is 2.13. The Morgan fingerprint density at radius 1 is 1.24 bits per heavy atom. The lowest BCUT2D eigenvalue weighted by molar-refractivity contribution is -0.0921. The topological polar surface area (TPSA) is 42.0 Å². The van der Waals surface area contributed by atoms with E-state index >= 15 is 0 Å². The third-order valence-corrected chi connectivity index (χ3v) is 7.04. The summed E-state index contributed by atoms with van der Waals surface area (Å²) in [5, 5.41) is 0. The molecule has 4 heterocycles. The molecule has 25 heavy (non-hydrogen) atoms. The van der Waals surface area contributed by atoms with E-state index in [0.717, 1.165) is 43.8 Å². The van der Waals surface area contributed by atoms with Crippen LogP contribution in [0, 0.1) is 0 Å². The van der Waals surface area contributed by atoms with Gasteiger partial charge in [-0.3, -0.25) is 4.79 Å². The molecule has 0 bridgehead atoms. The minimum absolute atomic E-state index is 0.103. The smallest absolute Gasteiger partial charge is 0.264 e. The maximum Gasteiger partial charge on any atom is 0.264 e. The molecule has 0 aliphatic carbocycles. The molecule has 3 aliphatic rings. The van der Waals surface area contributed by atoms with Gasteiger partial charge in [0.25, 0.3) is 5.91 Å². The summed E-state index contributed by atoms with van der Waals surface area (Å²) in [6.45, 7) is 8.31. The maximum absolute atomic E-state index is 13.1. The summed E-state index contributed by atoms with van der Waals surface area (Å²) in [7, 11) is 2.17. The fraction of sp³-hybridized carbons (Fsp3) is 0.737. The lowest BCUT2D eigenvalue weighted by Gasteiger charge is -2.42. The van der Waals surface area contributed by atoms with Crippen molar-refractivity contribution < 1.29 is 14.3 Å². The Bertz CT molecular complexity index is 641. The molecule has 6 heteroatoms. The van der Waals surface area contributed by atoms with Gasteiger partial charge >= 0.3 is 0 Å². The average molecular weight is 365 g/mol. The first-order valence-electron chi connectivity index (χ1n) is 9.37. The molecule has 0 N–H and O–H groups in total. The zero-order valence-corrected chi connectivity index (χ0v) is 16.2. The van der Waals surface area contributed by atoms with Gasteiger partial charge in [-0.25, -0.2) is 0 Å². The fourth-order valence-electron chi connectivity index (χ4n) is 4.38. The highest BCUT2D eigenvalue weighted by atomic mass is 32.1. The van der Waals surface area contributed by atoms with Gasteiger partial charge in [-0.1, -0.05) is 0 Å². The second kappa shape index (κ2) is 6.65. The number of hydrogen-bond acceptors (Lipinski definition) is 5. The van der Waals surface area contributed by atoms with Crippen molar-refractivity contribution in [2.45, 2.75) is 50.9 Å². The monoisotopic (exact) mass is 364 g/mol. The van der Waals surface area contributed by atoms with Crippen LogP contribution >= 0.6 is 11.3 Å². The molecule has 1 aromatic rings. The number of carbonyl (C=O) groups excluding carboxylic acids is 1. The van der Waals surface area contributed by atoms with Gasteiger partial charge in [0, 0.05) is 31.1 Å². The van der Waals surface area contributed by atoms with Gasteiger partial charge in [0.1, 0.15) is 5.60 Å². The summed E-state index contributed by atoms with van der Waals surface area (Å²) in [4.78, 5) is 19.6. The highest BCUT2D eigenvalue weighted by Crippen LogP contribution is 2.45. The van der Waals surface area contributed by atoms with E-state index < -0.39 is 0 Å². The molecule has 138 valence electrons. The van der Waals surface area contributed by atoms with Gasteiger partial charge < -0.3 is 19.3 Å². The molecule has 0 aromatic carbocycles. The van der Waals surface area contributed by atoms with Crippen molar-refractivity contribution in [1.29, 1.82) is 0 Å². The van der Waals surface area contributed by atoms with Gasteiger partial charge in [-0.2, -0.15) is 0 Å². The minimum Gasteiger partial charge on any atom is -0.372 e. The van der Waals surface area contributed by atoms with Crippen LogP contribution in [0.2, 0.25) is 0 Å². The fourth-order valence-corrected chi connectivity index (χ4v) is 5.76. The third kappa shape index (κ3) is 3.25. The lowest BCUT2D eigenvalue weighted by atomic mass is 9.85. The van der Waals surface area contributed by atoms with Gasteiger partial charge in [0.05, 0.1) is 23.7 Å². The number of likely N-dealkylation sites (tertiary alicyclic amines) is 1. The van der Waals surface area contributed by atoms with E-state index in [-0.39, 0.29) is 23.7 Å². The van der Waals surface area contributed by atoms with Crippen molar-refractivity contribution >= 4 is 17.2 Å². The standard InChI is InChI=1S/C19H28N2O3S/c1-13-11-21(12-14(2)24-13)18(22)16-10-15-4-9-23-19(17(15)25-16)5-7-20(3)8-6-19/h10,13-14H,4-9,11-12H2,1-3H3/t13-,14+. The molecule has 1 aromatic heterocycles. The number of fused-ring (bicyclic) bond motifs is 2. The molecular formula is C19H28N2O3S. The summed E-state index contributed by atoms with van der Waals surface area (Å²) >= 11 is 1.67. The van der Waals surface area contributed by atoms with Crippen molar-refractivity contribution in [1.82, 2.24) is 9.80 Å². The molecule has 1 amide bonds. The molecular weight excluding hydrogens is 336 g/mol. The van der Waals surface area contributed by atoms with Crippen LogP contribution in [-0.2, 0) is 21.5 Å². The van der Waals surface area contributed by atoms with E-state index in [2.05, 4.69) is 18.0 Å². The zero-order valence-electron chi connectivity index (χ0n) is 15.4. The predicted molar refractivity (Wildman–Crippen MR) is 98.3 cm³/mol. The molecule has 4 rings (SSSR count). The molecule has 0 radical (unpaired) electrons. The Morgan fingerprint density at radius 3 is 2.60 bits per heavy atom. The van der Waals surface area contributed by atoms with Crippen molar-refractivity contribution in [2.24, 2.45) is 0 Å². The number of hydrogen-bond donors (Lipinski definition) is 0. The Kier molecular flexibility index (Phi) is 4.65. The third-order valence-electron chi connectivity index (χ3n) is 5.68. The molecule has 5 nitrogen and oxygen atoms in total. The number of carbonyl (C=O) groups is 1. The van der Waals surface area contributed by atoms with Crippen LogP contribution in [0.25, 0.3) is 0 Å². The van der Waals surface area contributed by atoms with E-state index in [1.165, 1.54) is 10.4 Å². The van der Waals surface area contributed by atoms with E-state index in [0.29, 0.717) is 13.1 Å². The van der Waals surface area contributed by atoms with Crippen LogP contribution in [0.15, 0.2) is 6.07 Å². The summed E-state index contributed by atoms with van der Waals surface area (Å²) in [6.07, 6.45) is 3.18. The summed E-state index contributed by atoms with van der Waals surface area (Å²) in [5.74, 6) is 0.157. The van der Waals surface area contributed by atoms with Crippen molar-refractivity contribution in [2.75, 3.05) is 39.8 Å². The lowest BCUT2D eigenvalue weighted by Crippen LogP contribution is -2.48. The predicted octanol–water partition coefficient (Wildman–Crippen LogP) is 2.49. The molecule has 2 atom stereocenters. The second-order valence-electron chi connectivity index (χ2n) is 7.83. The first kappa shape index (κ1) is 17.5. The number of ether oxygens (including phenoxy) is 2. The van der Waals surface area contributed by atoms with Crippen LogP contribution in [0.3, 0.4) is 0 Å². The maximum atomic E-state index is 13.1. The molecule has 2 saturated heterocycles. The number of piperidine rings is 1. The quantitative estimate of drug-likeness (QED) is 0.768. The number of amides is 1. The zero-order chi connectivity index (χ0) is 17.6. The Labute approximate surface area is 153 Å². The van der Waals surface area contributed by atoms with Crippen molar-refractivity contribution in [3.63, 3.8) is 0 Å². The molecule has 0 saturated carbocycles. The molecule has 1 spiro atoms. The van der Waals surface area contributed by atoms with Crippen LogP contribution in [0.4, 0.5) is 0 Å². The van der Waals surface area contributed by atoms with Crippen LogP contribution in [0.5, 0.6) is 0 Å². The first-order valence-corrected chi connectivity index (χ1v) is 10.2. The summed E-state index contributed by atoms with van der Waals surface area (Å²) in [5.41, 5.74) is 1.17. The SMILES string of the molecule is C[C@@H]1CN(C(=O)c2cc3c(s2)C2(CCN(C)CC2)OCC3)C[C@H](C)O1. The van der Waals surface area contributed by atoms with Gasteiger partial charge in [0.15, 0.2) is 0 Å². The Balaban J connectivity index is 1.59. The minimum atomic E-state index is -0.158. The van der Waals surface area contributed by atoms with Gasteiger partial charge in [-0.05, 0) is 51.8 Å². The van der Waals surface area contributed by atoms with E-state index in [1.807, 2.05) is 18.7 Å². The number of thiophene rings is 1.